The first-order valence-electron chi connectivity index (χ1n) is 9.17. The predicted octanol–water partition coefficient (Wildman–Crippen LogP) is 1.86. The van der Waals surface area contributed by atoms with Gasteiger partial charge in [0.25, 0.3) is 5.91 Å². The molecule has 0 radical (unpaired) electrons. The second-order valence-corrected chi connectivity index (χ2v) is 6.95. The van der Waals surface area contributed by atoms with Gasteiger partial charge in [-0.2, -0.15) is 0 Å². The highest BCUT2D eigenvalue weighted by Crippen LogP contribution is 2.31. The van der Waals surface area contributed by atoms with Crippen molar-refractivity contribution < 1.29 is 14.3 Å². The fourth-order valence-corrected chi connectivity index (χ4v) is 3.57. The van der Waals surface area contributed by atoms with Crippen LogP contribution in [0.5, 0.6) is 0 Å². The van der Waals surface area contributed by atoms with Crippen molar-refractivity contribution in [2.24, 2.45) is 0 Å². The minimum Gasteiger partial charge on any atom is -0.356 e. The molecule has 1 fully saturated rings. The number of rotatable bonds is 4. The number of hydrogen-bond acceptors (Lipinski definition) is 4. The zero-order chi connectivity index (χ0) is 19.7. The summed E-state index contributed by atoms with van der Waals surface area (Å²) < 4.78 is 7.57. The molecule has 2 aromatic heterocycles. The zero-order valence-electron chi connectivity index (χ0n) is 15.8. The Bertz CT molecular complexity index is 996. The molecule has 1 saturated heterocycles. The number of morpholine rings is 1. The second-order valence-electron chi connectivity index (χ2n) is 6.95. The number of aromatic nitrogens is 2. The third kappa shape index (κ3) is 3.36. The van der Waals surface area contributed by atoms with Crippen LogP contribution in [0.2, 0.25) is 0 Å². The quantitative estimate of drug-likeness (QED) is 0.752. The van der Waals surface area contributed by atoms with Crippen LogP contribution in [0.4, 0.5) is 0 Å². The maximum atomic E-state index is 12.9. The Labute approximate surface area is 162 Å². The second kappa shape index (κ2) is 7.44. The number of hydrogen-bond donors (Lipinski definition) is 1. The van der Waals surface area contributed by atoms with Gasteiger partial charge < -0.3 is 19.4 Å². The molecule has 7 heteroatoms. The number of nitrogens with zero attached hydrogens (tertiary/aromatic N) is 3. The Kier molecular flexibility index (Phi) is 4.83. The molecule has 144 valence electrons. The van der Waals surface area contributed by atoms with E-state index in [0.717, 1.165) is 22.5 Å². The van der Waals surface area contributed by atoms with Gasteiger partial charge in [0.15, 0.2) is 6.10 Å². The molecular weight excluding hydrogens is 356 g/mol. The highest BCUT2D eigenvalue weighted by atomic mass is 16.5. The fourth-order valence-electron chi connectivity index (χ4n) is 3.57. The summed E-state index contributed by atoms with van der Waals surface area (Å²) in [7, 11) is 1.71. The van der Waals surface area contributed by atoms with Crippen LogP contribution in [0, 0.1) is 6.92 Å². The van der Waals surface area contributed by atoms with Crippen LogP contribution in [0.25, 0.3) is 5.65 Å². The van der Waals surface area contributed by atoms with Crippen molar-refractivity contribution in [3.8, 4) is 0 Å². The molecule has 2 atom stereocenters. The minimum atomic E-state index is -0.777. The lowest BCUT2D eigenvalue weighted by Gasteiger charge is -2.38. The third-order valence-electron chi connectivity index (χ3n) is 5.11. The summed E-state index contributed by atoms with van der Waals surface area (Å²) in [4.78, 5) is 31.2. The summed E-state index contributed by atoms with van der Waals surface area (Å²) in [6.07, 6.45) is 3.01. The standard InChI is InChI=1S/C21H22N4O3/c1-14-7-3-4-8-16(14)19-20(28-13-18(26)24(19)2)21(27)22-11-15-12-25-10-6-5-9-17(25)23-15/h3-10,12,19-20H,11,13H2,1-2H3,(H,22,27)/t19-,20+/m1/s1. The van der Waals surface area contributed by atoms with Gasteiger partial charge in [-0.1, -0.05) is 30.3 Å². The average molecular weight is 378 g/mol. The lowest BCUT2D eigenvalue weighted by Crippen LogP contribution is -2.53. The third-order valence-corrected chi connectivity index (χ3v) is 5.11. The Balaban J connectivity index is 1.54. The monoisotopic (exact) mass is 378 g/mol. The smallest absolute Gasteiger partial charge is 0.252 e. The molecule has 1 aromatic carbocycles. The lowest BCUT2D eigenvalue weighted by molar-refractivity contribution is -0.162. The number of carbonyl (C=O) groups is 2. The van der Waals surface area contributed by atoms with Gasteiger partial charge in [0, 0.05) is 19.4 Å². The van der Waals surface area contributed by atoms with Gasteiger partial charge >= 0.3 is 0 Å². The zero-order valence-corrected chi connectivity index (χ0v) is 15.8. The molecule has 1 aliphatic rings. The van der Waals surface area contributed by atoms with E-state index in [1.54, 1.807) is 11.9 Å². The molecule has 4 rings (SSSR count). The minimum absolute atomic E-state index is 0.106. The van der Waals surface area contributed by atoms with Gasteiger partial charge in [0.2, 0.25) is 5.91 Å². The molecule has 2 amide bonds. The number of imidazole rings is 1. The number of likely N-dealkylation sites (N-methyl/N-ethyl adjacent to an activating group) is 1. The number of nitrogens with one attached hydrogen (secondary N) is 1. The van der Waals surface area contributed by atoms with E-state index in [0.29, 0.717) is 6.54 Å². The molecule has 1 aliphatic heterocycles. The maximum absolute atomic E-state index is 12.9. The van der Waals surface area contributed by atoms with Gasteiger partial charge in [0.1, 0.15) is 12.3 Å². The summed E-state index contributed by atoms with van der Waals surface area (Å²) in [5, 5.41) is 2.91. The summed E-state index contributed by atoms with van der Waals surface area (Å²) >= 11 is 0. The number of amides is 2. The molecule has 28 heavy (non-hydrogen) atoms. The maximum Gasteiger partial charge on any atom is 0.252 e. The van der Waals surface area contributed by atoms with Crippen molar-refractivity contribution in [2.45, 2.75) is 25.6 Å². The highest BCUT2D eigenvalue weighted by molar-refractivity contribution is 5.86. The average Bonchev–Trinajstić information content (AvgIpc) is 3.12. The Morgan fingerprint density at radius 2 is 2.04 bits per heavy atom. The topological polar surface area (TPSA) is 75.9 Å². The number of fused-ring (bicyclic) bond motifs is 1. The van der Waals surface area contributed by atoms with Crippen LogP contribution in [0.1, 0.15) is 22.9 Å². The van der Waals surface area contributed by atoms with Gasteiger partial charge in [0.05, 0.1) is 18.3 Å². The van der Waals surface area contributed by atoms with Crippen LogP contribution in [0.15, 0.2) is 54.9 Å². The van der Waals surface area contributed by atoms with E-state index < -0.39 is 12.1 Å². The number of benzene rings is 1. The first-order valence-corrected chi connectivity index (χ1v) is 9.17. The van der Waals surface area contributed by atoms with Crippen LogP contribution < -0.4 is 5.32 Å². The molecule has 3 heterocycles. The fraction of sp³-hybridized carbons (Fsp3) is 0.286. The molecule has 0 saturated carbocycles. The number of aryl methyl sites for hydroxylation is 1. The number of pyridine rings is 1. The molecular formula is C21H22N4O3. The number of ether oxygens (including phenoxy) is 1. The number of carbonyl (C=O) groups excluding carboxylic acids is 2. The highest BCUT2D eigenvalue weighted by Gasteiger charge is 2.40. The molecule has 0 unspecified atom stereocenters. The van der Waals surface area contributed by atoms with E-state index >= 15 is 0 Å². The van der Waals surface area contributed by atoms with Crippen molar-refractivity contribution in [2.75, 3.05) is 13.7 Å². The van der Waals surface area contributed by atoms with Crippen molar-refractivity contribution in [1.82, 2.24) is 19.6 Å². The molecule has 1 N–H and O–H groups in total. The molecule has 7 nitrogen and oxygen atoms in total. The van der Waals surface area contributed by atoms with E-state index in [2.05, 4.69) is 10.3 Å². The van der Waals surface area contributed by atoms with Crippen LogP contribution in [-0.4, -0.2) is 45.9 Å². The van der Waals surface area contributed by atoms with E-state index in [1.807, 2.05) is 66.2 Å². The SMILES string of the molecule is Cc1ccccc1[C@@H]1[C@@H](C(=O)NCc2cn3ccccc3n2)OCC(=O)N1C. The first-order chi connectivity index (χ1) is 13.5. The van der Waals surface area contributed by atoms with Crippen molar-refractivity contribution in [3.05, 3.63) is 71.7 Å². The lowest BCUT2D eigenvalue weighted by atomic mass is 9.94. The van der Waals surface area contributed by atoms with Gasteiger partial charge in [-0.25, -0.2) is 4.98 Å². The van der Waals surface area contributed by atoms with E-state index in [9.17, 15) is 9.59 Å². The van der Waals surface area contributed by atoms with Gasteiger partial charge in [-0.05, 0) is 30.2 Å². The Morgan fingerprint density at radius 3 is 2.82 bits per heavy atom. The summed E-state index contributed by atoms with van der Waals surface area (Å²) in [6, 6.07) is 13.0. The van der Waals surface area contributed by atoms with Crippen molar-refractivity contribution >= 4 is 17.5 Å². The van der Waals surface area contributed by atoms with Crippen molar-refractivity contribution in [1.29, 1.82) is 0 Å². The largest absolute Gasteiger partial charge is 0.356 e. The van der Waals surface area contributed by atoms with E-state index in [-0.39, 0.29) is 18.4 Å². The molecule has 0 bridgehead atoms. The van der Waals surface area contributed by atoms with E-state index in [4.69, 9.17) is 4.74 Å². The normalized spacial score (nSPS) is 19.8. The van der Waals surface area contributed by atoms with Crippen molar-refractivity contribution in [3.63, 3.8) is 0 Å². The van der Waals surface area contributed by atoms with Crippen LogP contribution >= 0.6 is 0 Å². The summed E-state index contributed by atoms with van der Waals surface area (Å²) in [5.74, 6) is -0.401. The molecule has 3 aromatic rings. The summed E-state index contributed by atoms with van der Waals surface area (Å²) in [5.41, 5.74) is 3.50. The first kappa shape index (κ1) is 18.2. The Hall–Kier alpha value is -3.19. The Morgan fingerprint density at radius 1 is 1.25 bits per heavy atom. The van der Waals surface area contributed by atoms with Gasteiger partial charge in [-0.15, -0.1) is 0 Å². The molecule has 0 aliphatic carbocycles. The van der Waals surface area contributed by atoms with Gasteiger partial charge in [-0.3, -0.25) is 9.59 Å². The van der Waals surface area contributed by atoms with Crippen LogP contribution in [0.3, 0.4) is 0 Å². The molecule has 0 spiro atoms. The van der Waals surface area contributed by atoms with E-state index in [1.165, 1.54) is 0 Å². The summed E-state index contributed by atoms with van der Waals surface area (Å²) in [6.45, 7) is 2.15. The predicted molar refractivity (Wildman–Crippen MR) is 103 cm³/mol. The van der Waals surface area contributed by atoms with Crippen LogP contribution in [-0.2, 0) is 20.9 Å².